The number of hydrogen-bond acceptors (Lipinski definition) is 5. The number of amides is 1. The van der Waals surface area contributed by atoms with Crippen molar-refractivity contribution in [3.05, 3.63) is 76.2 Å². The molecule has 1 atom stereocenters. The van der Waals surface area contributed by atoms with Crippen LogP contribution in [0.15, 0.2) is 53.7 Å². The first-order valence-electron chi connectivity index (χ1n) is 8.84. The number of halogens is 1. The highest BCUT2D eigenvalue weighted by atomic mass is 19.1. The molecule has 1 aromatic heterocycles. The first-order chi connectivity index (χ1) is 13.5. The number of anilines is 2. The number of carbonyl (C=O) groups is 1. The van der Waals surface area contributed by atoms with Gasteiger partial charge in [0, 0.05) is 11.4 Å². The van der Waals surface area contributed by atoms with Crippen molar-refractivity contribution in [2.75, 3.05) is 10.6 Å². The van der Waals surface area contributed by atoms with E-state index < -0.39 is 11.9 Å². The average molecular weight is 378 g/mol. The Kier molecular flexibility index (Phi) is 4.38. The molecule has 1 unspecified atom stereocenters. The number of tetrazole rings is 1. The molecule has 0 aliphatic carbocycles. The van der Waals surface area contributed by atoms with E-state index in [1.54, 1.807) is 19.1 Å². The Balaban J connectivity index is 1.78. The summed E-state index contributed by atoms with van der Waals surface area (Å²) in [4.78, 5) is 13.3. The Morgan fingerprint density at radius 1 is 1.18 bits per heavy atom. The Bertz CT molecular complexity index is 1100. The second-order valence-electron chi connectivity index (χ2n) is 6.77. The van der Waals surface area contributed by atoms with Gasteiger partial charge in [-0.1, -0.05) is 29.4 Å². The molecule has 2 heterocycles. The first kappa shape index (κ1) is 17.8. The summed E-state index contributed by atoms with van der Waals surface area (Å²) >= 11 is 0. The van der Waals surface area contributed by atoms with Crippen molar-refractivity contribution in [3.8, 4) is 0 Å². The van der Waals surface area contributed by atoms with Gasteiger partial charge in [-0.25, -0.2) is 4.39 Å². The maximum atomic E-state index is 13.9. The van der Waals surface area contributed by atoms with E-state index in [4.69, 9.17) is 0 Å². The van der Waals surface area contributed by atoms with Gasteiger partial charge >= 0.3 is 0 Å². The molecule has 2 aromatic carbocycles. The fraction of sp³-hybridized carbons (Fsp3) is 0.200. The highest BCUT2D eigenvalue weighted by Gasteiger charge is 2.34. The lowest BCUT2D eigenvalue weighted by atomic mass is 9.94. The van der Waals surface area contributed by atoms with Crippen molar-refractivity contribution in [2.45, 2.75) is 26.8 Å². The average Bonchev–Trinajstić information content (AvgIpc) is 3.12. The van der Waals surface area contributed by atoms with Crippen LogP contribution in [0.5, 0.6) is 0 Å². The van der Waals surface area contributed by atoms with Gasteiger partial charge in [-0.2, -0.15) is 4.68 Å². The highest BCUT2D eigenvalue weighted by molar-refractivity contribution is 6.06. The molecule has 8 heteroatoms. The number of allylic oxidation sites excluding steroid dienone is 1. The number of rotatable bonds is 3. The van der Waals surface area contributed by atoms with Gasteiger partial charge in [0.05, 0.1) is 5.57 Å². The van der Waals surface area contributed by atoms with Gasteiger partial charge in [0.2, 0.25) is 5.95 Å². The summed E-state index contributed by atoms with van der Waals surface area (Å²) < 4.78 is 15.4. The van der Waals surface area contributed by atoms with Gasteiger partial charge in [0.1, 0.15) is 11.9 Å². The van der Waals surface area contributed by atoms with Crippen molar-refractivity contribution >= 4 is 17.5 Å². The number of benzene rings is 2. The van der Waals surface area contributed by atoms with Crippen molar-refractivity contribution in [2.24, 2.45) is 0 Å². The van der Waals surface area contributed by atoms with Crippen LogP contribution in [0.1, 0.15) is 29.7 Å². The second kappa shape index (κ2) is 6.88. The summed E-state index contributed by atoms with van der Waals surface area (Å²) in [5, 5.41) is 17.7. The largest absolute Gasteiger partial charge is 0.326 e. The molecule has 0 saturated heterocycles. The molecule has 0 saturated carbocycles. The van der Waals surface area contributed by atoms with Crippen LogP contribution in [0.3, 0.4) is 0 Å². The van der Waals surface area contributed by atoms with E-state index in [2.05, 4.69) is 26.2 Å². The lowest BCUT2D eigenvalue weighted by Gasteiger charge is -2.28. The molecule has 0 bridgehead atoms. The van der Waals surface area contributed by atoms with E-state index in [0.29, 0.717) is 22.8 Å². The van der Waals surface area contributed by atoms with Crippen molar-refractivity contribution in [1.29, 1.82) is 0 Å². The predicted molar refractivity (Wildman–Crippen MR) is 103 cm³/mol. The van der Waals surface area contributed by atoms with Crippen LogP contribution in [-0.4, -0.2) is 26.1 Å². The Morgan fingerprint density at radius 2 is 1.96 bits per heavy atom. The number of nitrogens with zero attached hydrogens (tertiary/aromatic N) is 4. The Hall–Kier alpha value is -3.55. The number of nitrogens with one attached hydrogen (secondary N) is 2. The van der Waals surface area contributed by atoms with Gasteiger partial charge in [-0.05, 0) is 66.1 Å². The molecular weight excluding hydrogens is 359 g/mol. The molecule has 1 aliphatic heterocycles. The monoisotopic (exact) mass is 378 g/mol. The lowest BCUT2D eigenvalue weighted by molar-refractivity contribution is -0.113. The number of hydrogen-bond donors (Lipinski definition) is 2. The molecule has 1 amide bonds. The molecule has 142 valence electrons. The third kappa shape index (κ3) is 3.02. The zero-order chi connectivity index (χ0) is 19.8. The number of aromatic nitrogens is 4. The zero-order valence-electron chi connectivity index (χ0n) is 15.7. The van der Waals surface area contributed by atoms with Crippen LogP contribution in [0.25, 0.3) is 0 Å². The smallest absolute Gasteiger partial charge is 0.255 e. The third-order valence-electron chi connectivity index (χ3n) is 4.98. The van der Waals surface area contributed by atoms with Gasteiger partial charge in [-0.15, -0.1) is 0 Å². The zero-order valence-corrected chi connectivity index (χ0v) is 15.7. The molecule has 2 N–H and O–H groups in total. The molecule has 4 rings (SSSR count). The summed E-state index contributed by atoms with van der Waals surface area (Å²) in [5.74, 6) is -0.290. The maximum Gasteiger partial charge on any atom is 0.255 e. The molecular formula is C20H19FN6O. The molecule has 0 radical (unpaired) electrons. The lowest BCUT2D eigenvalue weighted by Crippen LogP contribution is -2.31. The normalized spacial score (nSPS) is 15.8. The van der Waals surface area contributed by atoms with Gasteiger partial charge in [0.25, 0.3) is 5.91 Å². The van der Waals surface area contributed by atoms with E-state index in [-0.39, 0.29) is 5.91 Å². The van der Waals surface area contributed by atoms with Gasteiger partial charge in [0.15, 0.2) is 0 Å². The molecule has 0 fully saturated rings. The minimum Gasteiger partial charge on any atom is -0.326 e. The van der Waals surface area contributed by atoms with Gasteiger partial charge in [-0.3, -0.25) is 4.79 Å². The summed E-state index contributed by atoms with van der Waals surface area (Å²) in [6.07, 6.45) is 0. The van der Waals surface area contributed by atoms with E-state index in [0.717, 1.165) is 16.8 Å². The van der Waals surface area contributed by atoms with E-state index >= 15 is 0 Å². The molecule has 7 nitrogen and oxygen atoms in total. The molecule has 3 aromatic rings. The van der Waals surface area contributed by atoms with E-state index in [1.165, 1.54) is 16.8 Å². The molecule has 1 aliphatic rings. The highest BCUT2D eigenvalue weighted by Crippen LogP contribution is 2.35. The summed E-state index contributed by atoms with van der Waals surface area (Å²) in [6.45, 7) is 5.72. The SMILES string of the molecule is CC1=C(C(=O)Nc2cccc(C)c2C)C(c2cccc(F)c2)n2nnnc2N1. The van der Waals surface area contributed by atoms with Gasteiger partial charge < -0.3 is 10.6 Å². The number of aryl methyl sites for hydroxylation is 1. The Morgan fingerprint density at radius 3 is 2.75 bits per heavy atom. The number of fused-ring (bicyclic) bond motifs is 1. The van der Waals surface area contributed by atoms with E-state index in [9.17, 15) is 9.18 Å². The van der Waals surface area contributed by atoms with Crippen LogP contribution >= 0.6 is 0 Å². The third-order valence-corrected chi connectivity index (χ3v) is 4.98. The van der Waals surface area contributed by atoms with Crippen molar-refractivity contribution in [1.82, 2.24) is 20.2 Å². The van der Waals surface area contributed by atoms with Crippen LogP contribution < -0.4 is 10.6 Å². The molecule has 0 spiro atoms. The Labute approximate surface area is 161 Å². The quantitative estimate of drug-likeness (QED) is 0.730. The fourth-order valence-electron chi connectivity index (χ4n) is 3.37. The molecule has 28 heavy (non-hydrogen) atoms. The second-order valence-corrected chi connectivity index (χ2v) is 6.77. The minimum atomic E-state index is -0.646. The fourth-order valence-corrected chi connectivity index (χ4v) is 3.37. The predicted octanol–water partition coefficient (Wildman–Crippen LogP) is 3.36. The minimum absolute atomic E-state index is 0.297. The van der Waals surface area contributed by atoms with E-state index in [1.807, 2.05) is 32.0 Å². The standard InChI is InChI=1S/C20H19FN6O/c1-11-6-4-9-16(12(11)2)23-19(28)17-13(3)22-20-24-25-26-27(20)18(17)14-7-5-8-15(21)10-14/h4-10,18H,1-3H3,(H,23,28)(H,22,24,26). The van der Waals surface area contributed by atoms with Crippen molar-refractivity contribution in [3.63, 3.8) is 0 Å². The van der Waals surface area contributed by atoms with Crippen LogP contribution in [-0.2, 0) is 4.79 Å². The van der Waals surface area contributed by atoms with Crippen LogP contribution in [0.2, 0.25) is 0 Å². The summed E-state index contributed by atoms with van der Waals surface area (Å²) in [5.41, 5.74) is 4.41. The summed E-state index contributed by atoms with van der Waals surface area (Å²) in [6, 6.07) is 11.2. The topological polar surface area (TPSA) is 84.7 Å². The van der Waals surface area contributed by atoms with Crippen LogP contribution in [0.4, 0.5) is 16.0 Å². The van der Waals surface area contributed by atoms with Crippen LogP contribution in [0, 0.1) is 19.7 Å². The summed E-state index contributed by atoms with van der Waals surface area (Å²) in [7, 11) is 0. The first-order valence-corrected chi connectivity index (χ1v) is 8.84. The number of carbonyl (C=O) groups excluding carboxylic acids is 1. The van der Waals surface area contributed by atoms with Crippen molar-refractivity contribution < 1.29 is 9.18 Å². The maximum absolute atomic E-state index is 13.9.